The number of nitriles is 1. The Morgan fingerprint density at radius 2 is 2.10 bits per heavy atom. The summed E-state index contributed by atoms with van der Waals surface area (Å²) in [6.45, 7) is 0.0993. The largest absolute Gasteiger partial charge is 0.396 e. The van der Waals surface area contributed by atoms with E-state index in [-0.39, 0.29) is 10.8 Å². The van der Waals surface area contributed by atoms with Gasteiger partial charge in [-0.15, -0.1) is 11.3 Å². The molecule has 5 nitrogen and oxygen atoms in total. The van der Waals surface area contributed by atoms with Crippen molar-refractivity contribution in [3.8, 4) is 6.07 Å². The summed E-state index contributed by atoms with van der Waals surface area (Å²) in [4.78, 5) is 0.354. The zero-order valence-electron chi connectivity index (χ0n) is 11.1. The predicted molar refractivity (Wildman–Crippen MR) is 81.7 cm³/mol. The summed E-state index contributed by atoms with van der Waals surface area (Å²) < 4.78 is 27.0. The number of nitrogens with zero attached hydrogens (tertiary/aromatic N) is 1. The first kappa shape index (κ1) is 15.5. The summed E-state index contributed by atoms with van der Waals surface area (Å²) in [5.74, 6) is 0. The minimum Gasteiger partial charge on any atom is -0.396 e. The van der Waals surface area contributed by atoms with Gasteiger partial charge in [-0.05, 0) is 42.7 Å². The van der Waals surface area contributed by atoms with Crippen LogP contribution in [0.5, 0.6) is 0 Å². The fraction of sp³-hybridized carbons (Fsp3) is 0.214. The molecule has 7 heteroatoms. The Kier molecular flexibility index (Phi) is 4.96. The van der Waals surface area contributed by atoms with Gasteiger partial charge < -0.3 is 5.11 Å². The maximum atomic E-state index is 12.2. The van der Waals surface area contributed by atoms with E-state index in [1.165, 1.54) is 12.1 Å². The molecule has 0 bridgehead atoms. The van der Waals surface area contributed by atoms with Crippen LogP contribution in [0.1, 0.15) is 16.9 Å². The number of sulfonamides is 1. The zero-order chi connectivity index (χ0) is 15.3. The third kappa shape index (κ3) is 4.04. The van der Waals surface area contributed by atoms with Crippen molar-refractivity contribution in [2.75, 3.05) is 11.3 Å². The highest BCUT2D eigenvalue weighted by Gasteiger charge is 2.17. The molecular formula is C14H14N2O3S2. The van der Waals surface area contributed by atoms with Crippen LogP contribution in [-0.4, -0.2) is 20.1 Å². The van der Waals surface area contributed by atoms with Crippen LogP contribution in [0.15, 0.2) is 40.6 Å². The second-order valence-corrected chi connectivity index (χ2v) is 7.36. The van der Waals surface area contributed by atoms with E-state index in [4.69, 9.17) is 10.4 Å². The van der Waals surface area contributed by atoms with E-state index in [1.54, 1.807) is 18.2 Å². The first-order valence-electron chi connectivity index (χ1n) is 6.28. The van der Waals surface area contributed by atoms with Crippen molar-refractivity contribution < 1.29 is 13.5 Å². The van der Waals surface area contributed by atoms with Gasteiger partial charge in [-0.1, -0.05) is 12.1 Å². The summed E-state index contributed by atoms with van der Waals surface area (Å²) in [6.07, 6.45) is 1.32. The third-order valence-electron chi connectivity index (χ3n) is 2.76. The quantitative estimate of drug-likeness (QED) is 0.854. The van der Waals surface area contributed by atoms with Crippen molar-refractivity contribution in [2.45, 2.75) is 17.1 Å². The molecule has 2 aromatic rings. The van der Waals surface area contributed by atoms with Crippen molar-refractivity contribution in [1.82, 2.24) is 0 Å². The Labute approximate surface area is 127 Å². The van der Waals surface area contributed by atoms with E-state index < -0.39 is 10.0 Å². The lowest BCUT2D eigenvalue weighted by molar-refractivity contribution is 0.288. The van der Waals surface area contributed by atoms with Gasteiger partial charge in [0.1, 0.15) is 15.2 Å². The number of aliphatic hydroxyl groups excluding tert-OH is 1. The first-order valence-corrected chi connectivity index (χ1v) is 8.57. The van der Waals surface area contributed by atoms with Gasteiger partial charge in [-0.25, -0.2) is 8.42 Å². The van der Waals surface area contributed by atoms with Crippen LogP contribution in [0.25, 0.3) is 0 Å². The maximum Gasteiger partial charge on any atom is 0.271 e. The summed E-state index contributed by atoms with van der Waals surface area (Å²) in [6, 6.07) is 11.9. The fourth-order valence-corrected chi connectivity index (χ4v) is 3.96. The van der Waals surface area contributed by atoms with E-state index >= 15 is 0 Å². The molecule has 0 aliphatic carbocycles. The molecule has 0 saturated carbocycles. The van der Waals surface area contributed by atoms with Gasteiger partial charge in [0, 0.05) is 12.3 Å². The minimum atomic E-state index is -3.67. The number of hydrogen-bond acceptors (Lipinski definition) is 5. The molecule has 0 radical (unpaired) electrons. The highest BCUT2D eigenvalue weighted by atomic mass is 32.2. The van der Waals surface area contributed by atoms with Crippen molar-refractivity contribution >= 4 is 27.0 Å². The van der Waals surface area contributed by atoms with Crippen molar-refractivity contribution in [2.24, 2.45) is 0 Å². The predicted octanol–water partition coefficient (Wildman–Crippen LogP) is 2.35. The molecular weight excluding hydrogens is 308 g/mol. The van der Waals surface area contributed by atoms with E-state index in [9.17, 15) is 8.42 Å². The average Bonchev–Trinajstić information content (AvgIpc) is 2.95. The SMILES string of the molecule is N#Cc1ccc(S(=O)(=O)Nc2cccc(CCCO)c2)s1. The number of aryl methyl sites for hydroxylation is 1. The molecule has 21 heavy (non-hydrogen) atoms. The third-order valence-corrected chi connectivity index (χ3v) is 5.62. The van der Waals surface area contributed by atoms with Gasteiger partial charge in [-0.3, -0.25) is 4.72 Å². The fourth-order valence-electron chi connectivity index (χ4n) is 1.80. The molecule has 1 heterocycles. The Morgan fingerprint density at radius 3 is 2.76 bits per heavy atom. The monoisotopic (exact) mass is 322 g/mol. The van der Waals surface area contributed by atoms with E-state index in [0.29, 0.717) is 23.4 Å². The molecule has 0 aliphatic heterocycles. The van der Waals surface area contributed by atoms with Crippen LogP contribution >= 0.6 is 11.3 Å². The lowest BCUT2D eigenvalue weighted by atomic mass is 10.1. The summed E-state index contributed by atoms with van der Waals surface area (Å²) in [5, 5.41) is 17.6. The molecule has 0 unspecified atom stereocenters. The topological polar surface area (TPSA) is 90.2 Å². The van der Waals surface area contributed by atoms with Crippen LogP contribution in [0.2, 0.25) is 0 Å². The highest BCUT2D eigenvalue weighted by Crippen LogP contribution is 2.24. The molecule has 110 valence electrons. The Hall–Kier alpha value is -1.88. The number of hydrogen-bond donors (Lipinski definition) is 2. The van der Waals surface area contributed by atoms with Gasteiger partial charge >= 0.3 is 0 Å². The van der Waals surface area contributed by atoms with Crippen LogP contribution in [0.3, 0.4) is 0 Å². The number of rotatable bonds is 6. The van der Waals surface area contributed by atoms with Gasteiger partial charge in [0.15, 0.2) is 0 Å². The Balaban J connectivity index is 2.18. The van der Waals surface area contributed by atoms with Crippen LogP contribution in [0, 0.1) is 11.3 Å². The standard InChI is InChI=1S/C14H14N2O3S2/c15-10-13-6-7-14(20-13)21(18,19)16-12-5-1-3-11(9-12)4-2-8-17/h1,3,5-7,9,16-17H,2,4,8H2. The Bertz CT molecular complexity index is 761. The molecule has 0 fully saturated rings. The lowest BCUT2D eigenvalue weighted by Gasteiger charge is -2.08. The van der Waals surface area contributed by atoms with Gasteiger partial charge in [0.05, 0.1) is 0 Å². The summed E-state index contributed by atoms with van der Waals surface area (Å²) >= 11 is 0.933. The average molecular weight is 322 g/mol. The molecule has 1 aromatic carbocycles. The van der Waals surface area contributed by atoms with E-state index in [1.807, 2.05) is 12.1 Å². The lowest BCUT2D eigenvalue weighted by Crippen LogP contribution is -2.11. The number of anilines is 1. The number of nitrogens with one attached hydrogen (secondary N) is 1. The van der Waals surface area contributed by atoms with E-state index in [2.05, 4.69) is 4.72 Å². The number of benzene rings is 1. The van der Waals surface area contributed by atoms with Crippen LogP contribution in [-0.2, 0) is 16.4 Å². The number of thiophene rings is 1. The second-order valence-electron chi connectivity index (χ2n) is 4.36. The summed E-state index contributed by atoms with van der Waals surface area (Å²) in [5.41, 5.74) is 1.42. The molecule has 0 saturated heterocycles. The first-order chi connectivity index (χ1) is 10.0. The van der Waals surface area contributed by atoms with Gasteiger partial charge in [-0.2, -0.15) is 5.26 Å². The second kappa shape index (κ2) is 6.72. The van der Waals surface area contributed by atoms with Crippen molar-refractivity contribution in [3.05, 3.63) is 46.8 Å². The van der Waals surface area contributed by atoms with Crippen LogP contribution in [0.4, 0.5) is 5.69 Å². The van der Waals surface area contributed by atoms with Crippen LogP contribution < -0.4 is 4.72 Å². The van der Waals surface area contributed by atoms with Crippen molar-refractivity contribution in [3.63, 3.8) is 0 Å². The number of aliphatic hydroxyl groups is 1. The molecule has 1 aromatic heterocycles. The van der Waals surface area contributed by atoms with Gasteiger partial charge in [0.2, 0.25) is 0 Å². The van der Waals surface area contributed by atoms with Crippen molar-refractivity contribution in [1.29, 1.82) is 5.26 Å². The molecule has 0 aliphatic rings. The molecule has 0 amide bonds. The molecule has 2 rings (SSSR count). The summed E-state index contributed by atoms with van der Waals surface area (Å²) in [7, 11) is -3.67. The highest BCUT2D eigenvalue weighted by molar-refractivity contribution is 7.94. The smallest absolute Gasteiger partial charge is 0.271 e. The van der Waals surface area contributed by atoms with E-state index in [0.717, 1.165) is 16.9 Å². The maximum absolute atomic E-state index is 12.2. The Morgan fingerprint density at radius 1 is 1.29 bits per heavy atom. The molecule has 0 atom stereocenters. The molecule has 0 spiro atoms. The normalized spacial score (nSPS) is 11.0. The zero-order valence-corrected chi connectivity index (χ0v) is 12.7. The molecule has 2 N–H and O–H groups in total. The van der Waals surface area contributed by atoms with Gasteiger partial charge in [0.25, 0.3) is 10.0 Å². The minimum absolute atomic E-state index is 0.0993.